The molecule has 0 fully saturated rings. The van der Waals surface area contributed by atoms with Crippen LogP contribution >= 0.6 is 15.9 Å². The average molecular weight is 343 g/mol. The number of halogens is 1. The van der Waals surface area contributed by atoms with E-state index in [0.717, 1.165) is 10.9 Å². The van der Waals surface area contributed by atoms with Crippen molar-refractivity contribution in [2.24, 2.45) is 5.92 Å². The van der Waals surface area contributed by atoms with Crippen LogP contribution in [0.4, 0.5) is 10.5 Å². The van der Waals surface area contributed by atoms with Crippen molar-refractivity contribution in [1.82, 2.24) is 5.32 Å². The van der Waals surface area contributed by atoms with Crippen LogP contribution in [0.5, 0.6) is 0 Å². The van der Waals surface area contributed by atoms with E-state index in [9.17, 15) is 9.59 Å². The van der Waals surface area contributed by atoms with Gasteiger partial charge in [0.15, 0.2) is 0 Å². The first-order valence-electron chi connectivity index (χ1n) is 6.38. The second-order valence-electron chi connectivity index (χ2n) is 4.50. The minimum absolute atomic E-state index is 0.00397. The molecule has 0 aromatic heterocycles. The highest BCUT2D eigenvalue weighted by Crippen LogP contribution is 2.16. The molecule has 2 amide bonds. The van der Waals surface area contributed by atoms with E-state index >= 15 is 0 Å². The molecule has 6 heteroatoms. The Labute approximate surface area is 127 Å². The number of amides is 2. The number of methoxy groups -OCH3 is 1. The Morgan fingerprint density at radius 2 is 2.10 bits per heavy atom. The summed E-state index contributed by atoms with van der Waals surface area (Å²) in [6.45, 7) is 3.84. The van der Waals surface area contributed by atoms with Gasteiger partial charge in [0.25, 0.3) is 0 Å². The second-order valence-corrected chi connectivity index (χ2v) is 5.41. The molecule has 0 saturated heterocycles. The Kier molecular flexibility index (Phi) is 6.51. The van der Waals surface area contributed by atoms with Gasteiger partial charge in [-0.15, -0.1) is 0 Å². The number of carbonyl (C=O) groups is 2. The van der Waals surface area contributed by atoms with Crippen LogP contribution in [0.15, 0.2) is 28.7 Å². The molecule has 0 heterocycles. The molecule has 20 heavy (non-hydrogen) atoms. The lowest BCUT2D eigenvalue weighted by Crippen LogP contribution is -2.47. The number of ether oxygens (including phenoxy) is 1. The molecule has 0 aliphatic heterocycles. The van der Waals surface area contributed by atoms with E-state index in [1.807, 2.05) is 26.0 Å². The van der Waals surface area contributed by atoms with Crippen molar-refractivity contribution in [3.8, 4) is 0 Å². The predicted octanol–water partition coefficient (Wildman–Crippen LogP) is 3.16. The number of hydrogen-bond acceptors (Lipinski definition) is 3. The van der Waals surface area contributed by atoms with E-state index in [1.54, 1.807) is 12.1 Å². The zero-order valence-electron chi connectivity index (χ0n) is 11.8. The lowest BCUT2D eigenvalue weighted by molar-refractivity contribution is -0.144. The van der Waals surface area contributed by atoms with E-state index in [-0.39, 0.29) is 5.92 Å². The molecule has 0 aliphatic rings. The summed E-state index contributed by atoms with van der Waals surface area (Å²) < 4.78 is 5.58. The molecule has 1 aromatic carbocycles. The smallest absolute Gasteiger partial charge is 0.328 e. The van der Waals surface area contributed by atoms with Gasteiger partial charge in [0.2, 0.25) is 0 Å². The number of hydrogen-bond donors (Lipinski definition) is 2. The van der Waals surface area contributed by atoms with E-state index in [2.05, 4.69) is 26.6 Å². The van der Waals surface area contributed by atoms with Gasteiger partial charge in [-0.2, -0.15) is 0 Å². The maximum Gasteiger partial charge on any atom is 0.328 e. The number of esters is 1. The first-order valence-corrected chi connectivity index (χ1v) is 7.18. The molecule has 1 aromatic rings. The fourth-order valence-corrected chi connectivity index (χ4v) is 2.07. The van der Waals surface area contributed by atoms with Crippen LogP contribution in [0.3, 0.4) is 0 Å². The van der Waals surface area contributed by atoms with E-state index in [0.29, 0.717) is 5.69 Å². The SMILES string of the molecule is CC[C@@H](C)[C@@H](NC(=O)Nc1cccc(Br)c1)C(=O)OC. The van der Waals surface area contributed by atoms with Crippen LogP contribution in [0.2, 0.25) is 0 Å². The highest BCUT2D eigenvalue weighted by molar-refractivity contribution is 9.10. The van der Waals surface area contributed by atoms with Crippen LogP contribution in [0, 0.1) is 5.92 Å². The first kappa shape index (κ1) is 16.5. The Balaban J connectivity index is 2.69. The van der Waals surface area contributed by atoms with Gasteiger partial charge >= 0.3 is 12.0 Å². The highest BCUT2D eigenvalue weighted by atomic mass is 79.9. The van der Waals surface area contributed by atoms with Gasteiger partial charge in [-0.1, -0.05) is 42.3 Å². The largest absolute Gasteiger partial charge is 0.467 e. The fraction of sp³-hybridized carbons (Fsp3) is 0.429. The van der Waals surface area contributed by atoms with Crippen LogP contribution in [0.1, 0.15) is 20.3 Å². The third-order valence-corrected chi connectivity index (χ3v) is 3.53. The summed E-state index contributed by atoms with van der Waals surface area (Å²) >= 11 is 3.33. The van der Waals surface area contributed by atoms with Crippen molar-refractivity contribution in [3.63, 3.8) is 0 Å². The topological polar surface area (TPSA) is 67.4 Å². The molecule has 2 N–H and O–H groups in total. The summed E-state index contributed by atoms with van der Waals surface area (Å²) in [6, 6.07) is 6.12. The van der Waals surface area contributed by atoms with Crippen molar-refractivity contribution in [3.05, 3.63) is 28.7 Å². The molecule has 2 atom stereocenters. The monoisotopic (exact) mass is 342 g/mol. The van der Waals surface area contributed by atoms with Gasteiger partial charge in [-0.05, 0) is 24.1 Å². The quantitative estimate of drug-likeness (QED) is 0.807. The Morgan fingerprint density at radius 3 is 2.65 bits per heavy atom. The summed E-state index contributed by atoms with van der Waals surface area (Å²) in [5.74, 6) is -0.445. The van der Waals surface area contributed by atoms with E-state index in [1.165, 1.54) is 7.11 Å². The number of rotatable bonds is 5. The summed E-state index contributed by atoms with van der Waals surface area (Å²) in [5, 5.41) is 5.33. The standard InChI is InChI=1S/C14H19BrN2O3/c1-4-9(2)12(13(18)20-3)17-14(19)16-11-7-5-6-10(15)8-11/h5-9,12H,4H2,1-3H3,(H2,16,17,19)/t9-,12-/m1/s1. The number of nitrogens with one attached hydrogen (secondary N) is 2. The molecular formula is C14H19BrN2O3. The Hall–Kier alpha value is -1.56. The van der Waals surface area contributed by atoms with Gasteiger partial charge < -0.3 is 15.4 Å². The number of carbonyl (C=O) groups excluding carboxylic acids is 2. The molecule has 0 radical (unpaired) electrons. The lowest BCUT2D eigenvalue weighted by Gasteiger charge is -2.22. The van der Waals surface area contributed by atoms with E-state index < -0.39 is 18.0 Å². The third-order valence-electron chi connectivity index (χ3n) is 3.04. The number of urea groups is 1. The zero-order valence-corrected chi connectivity index (χ0v) is 13.4. The van der Waals surface area contributed by atoms with E-state index in [4.69, 9.17) is 4.74 Å². The van der Waals surface area contributed by atoms with Gasteiger partial charge in [0, 0.05) is 10.2 Å². The molecule has 1 rings (SSSR count). The molecule has 5 nitrogen and oxygen atoms in total. The summed E-state index contributed by atoms with van der Waals surface area (Å²) in [5.41, 5.74) is 0.643. The molecule has 0 spiro atoms. The van der Waals surface area contributed by atoms with Gasteiger partial charge in [0.05, 0.1) is 7.11 Å². The first-order chi connectivity index (χ1) is 9.47. The van der Waals surface area contributed by atoms with Gasteiger partial charge in [0.1, 0.15) is 6.04 Å². The van der Waals surface area contributed by atoms with Crippen LogP contribution < -0.4 is 10.6 Å². The fourth-order valence-electron chi connectivity index (χ4n) is 1.67. The predicted molar refractivity (Wildman–Crippen MR) is 81.6 cm³/mol. The molecule has 0 unspecified atom stereocenters. The molecule has 0 aliphatic carbocycles. The minimum atomic E-state index is -0.655. The summed E-state index contributed by atoms with van der Waals surface area (Å²) in [4.78, 5) is 23.6. The Bertz CT molecular complexity index is 479. The molecule has 0 saturated carbocycles. The van der Waals surface area contributed by atoms with Crippen molar-refractivity contribution >= 4 is 33.6 Å². The van der Waals surface area contributed by atoms with Crippen molar-refractivity contribution in [2.45, 2.75) is 26.3 Å². The van der Waals surface area contributed by atoms with Crippen molar-refractivity contribution < 1.29 is 14.3 Å². The summed E-state index contributed by atoms with van der Waals surface area (Å²) in [6.07, 6.45) is 0.761. The van der Waals surface area contributed by atoms with Crippen molar-refractivity contribution in [2.75, 3.05) is 12.4 Å². The van der Waals surface area contributed by atoms with Gasteiger partial charge in [-0.25, -0.2) is 9.59 Å². The second kappa shape index (κ2) is 7.89. The number of benzene rings is 1. The molecule has 110 valence electrons. The summed E-state index contributed by atoms with van der Waals surface area (Å²) in [7, 11) is 1.31. The zero-order chi connectivity index (χ0) is 15.1. The van der Waals surface area contributed by atoms with Crippen molar-refractivity contribution in [1.29, 1.82) is 0 Å². The maximum atomic E-state index is 11.9. The van der Waals surface area contributed by atoms with Crippen LogP contribution in [0.25, 0.3) is 0 Å². The minimum Gasteiger partial charge on any atom is -0.467 e. The Morgan fingerprint density at radius 1 is 1.40 bits per heavy atom. The van der Waals surface area contributed by atoms with Crippen LogP contribution in [-0.2, 0) is 9.53 Å². The maximum absolute atomic E-state index is 11.9. The average Bonchev–Trinajstić information content (AvgIpc) is 2.43. The lowest BCUT2D eigenvalue weighted by atomic mass is 9.99. The van der Waals surface area contributed by atoms with Gasteiger partial charge in [-0.3, -0.25) is 0 Å². The molecule has 0 bridgehead atoms. The number of anilines is 1. The highest BCUT2D eigenvalue weighted by Gasteiger charge is 2.26. The third kappa shape index (κ3) is 4.85. The normalized spacial score (nSPS) is 13.2. The van der Waals surface area contributed by atoms with Crippen LogP contribution in [-0.4, -0.2) is 25.2 Å². The molecular weight excluding hydrogens is 324 g/mol.